The minimum atomic E-state index is 0.352. The summed E-state index contributed by atoms with van der Waals surface area (Å²) in [5.41, 5.74) is 1.05. The van der Waals surface area contributed by atoms with Crippen LogP contribution in [0.3, 0.4) is 0 Å². The van der Waals surface area contributed by atoms with E-state index in [1.165, 1.54) is 0 Å². The largest absolute Gasteiger partial charge is 0.497 e. The van der Waals surface area contributed by atoms with Gasteiger partial charge in [-0.25, -0.2) is 0 Å². The molecule has 1 saturated heterocycles. The number of rotatable bonds is 5. The molecule has 5 heteroatoms. The van der Waals surface area contributed by atoms with Crippen molar-refractivity contribution in [1.29, 1.82) is 0 Å². The number of nitrogens with zero attached hydrogens (tertiary/aromatic N) is 1. The van der Waals surface area contributed by atoms with Crippen molar-refractivity contribution in [3.63, 3.8) is 0 Å². The average Bonchev–Trinajstić information content (AvgIpc) is 2.47. The highest BCUT2D eigenvalue weighted by Crippen LogP contribution is 2.31. The number of nitrogens with one attached hydrogen (secondary N) is 1. The smallest absolute Gasteiger partial charge is 0.145 e. The van der Waals surface area contributed by atoms with Crippen LogP contribution in [0.5, 0.6) is 11.5 Å². The number of benzene rings is 1. The number of anilines is 1. The molecule has 0 radical (unpaired) electrons. The van der Waals surface area contributed by atoms with Crippen molar-refractivity contribution < 1.29 is 14.2 Å². The minimum absolute atomic E-state index is 0.352. The van der Waals surface area contributed by atoms with Crippen LogP contribution in [0, 0.1) is 0 Å². The monoisotopic (exact) mass is 266 g/mol. The molecule has 1 atom stereocenters. The van der Waals surface area contributed by atoms with Gasteiger partial charge in [-0.05, 0) is 12.1 Å². The van der Waals surface area contributed by atoms with Gasteiger partial charge in [0.2, 0.25) is 0 Å². The minimum Gasteiger partial charge on any atom is -0.497 e. The van der Waals surface area contributed by atoms with Crippen LogP contribution in [0.4, 0.5) is 5.69 Å². The van der Waals surface area contributed by atoms with E-state index in [0.29, 0.717) is 6.04 Å². The van der Waals surface area contributed by atoms with Gasteiger partial charge in [0.25, 0.3) is 0 Å². The molecule has 2 rings (SSSR count). The van der Waals surface area contributed by atoms with Gasteiger partial charge in [-0.2, -0.15) is 0 Å². The molecule has 0 amide bonds. The molecular weight excluding hydrogens is 244 g/mol. The Balaban J connectivity index is 2.06. The highest BCUT2D eigenvalue weighted by atomic mass is 16.5. The summed E-state index contributed by atoms with van der Waals surface area (Å²) in [6.45, 7) is 3.34. The number of methoxy groups -OCH3 is 2. The molecular formula is C14H22N2O3. The zero-order valence-electron chi connectivity index (χ0n) is 11.8. The van der Waals surface area contributed by atoms with Crippen LogP contribution in [0.15, 0.2) is 18.2 Å². The number of ether oxygens (including phenoxy) is 3. The van der Waals surface area contributed by atoms with Crippen LogP contribution < -0.4 is 19.7 Å². The van der Waals surface area contributed by atoms with Crippen LogP contribution in [0.1, 0.15) is 0 Å². The Hall–Kier alpha value is -1.46. The lowest BCUT2D eigenvalue weighted by Gasteiger charge is -2.30. The van der Waals surface area contributed by atoms with Gasteiger partial charge in [0, 0.05) is 32.2 Å². The first-order chi connectivity index (χ1) is 9.24. The van der Waals surface area contributed by atoms with Gasteiger partial charge in [-0.15, -0.1) is 0 Å². The Bertz CT molecular complexity index is 406. The highest BCUT2D eigenvalue weighted by Gasteiger charge is 2.17. The van der Waals surface area contributed by atoms with Crippen LogP contribution in [0.2, 0.25) is 0 Å². The van der Waals surface area contributed by atoms with Gasteiger partial charge in [0.1, 0.15) is 11.5 Å². The third kappa shape index (κ3) is 3.52. The van der Waals surface area contributed by atoms with E-state index in [1.807, 2.05) is 18.2 Å². The fraction of sp³-hybridized carbons (Fsp3) is 0.571. The van der Waals surface area contributed by atoms with E-state index in [2.05, 4.69) is 17.3 Å². The van der Waals surface area contributed by atoms with E-state index in [0.717, 1.165) is 43.5 Å². The van der Waals surface area contributed by atoms with Gasteiger partial charge in [0.05, 0.1) is 33.1 Å². The Labute approximate surface area is 114 Å². The third-order valence-corrected chi connectivity index (χ3v) is 3.29. The van der Waals surface area contributed by atoms with E-state index in [9.17, 15) is 0 Å². The number of hydrogen-bond donors (Lipinski definition) is 1. The average molecular weight is 266 g/mol. The van der Waals surface area contributed by atoms with Crippen molar-refractivity contribution in [3.05, 3.63) is 18.2 Å². The highest BCUT2D eigenvalue weighted by molar-refractivity contribution is 5.60. The zero-order valence-corrected chi connectivity index (χ0v) is 11.8. The van der Waals surface area contributed by atoms with Gasteiger partial charge >= 0.3 is 0 Å². The summed E-state index contributed by atoms with van der Waals surface area (Å²) in [5, 5.41) is 3.45. The molecule has 1 aliphatic heterocycles. The second-order valence-electron chi connectivity index (χ2n) is 4.64. The summed E-state index contributed by atoms with van der Waals surface area (Å²) >= 11 is 0. The van der Waals surface area contributed by atoms with Crippen molar-refractivity contribution in [2.45, 2.75) is 6.04 Å². The first kappa shape index (κ1) is 14.0. The molecule has 1 unspecified atom stereocenters. The van der Waals surface area contributed by atoms with Gasteiger partial charge in [-0.3, -0.25) is 0 Å². The fourth-order valence-electron chi connectivity index (χ4n) is 2.27. The first-order valence-corrected chi connectivity index (χ1v) is 6.49. The molecule has 0 saturated carbocycles. The molecule has 0 bridgehead atoms. The SMILES string of the molecule is COc1ccc(N(C)CC2COCCN2)c(OC)c1. The topological polar surface area (TPSA) is 43.0 Å². The molecule has 1 N–H and O–H groups in total. The molecule has 19 heavy (non-hydrogen) atoms. The van der Waals surface area contributed by atoms with Crippen molar-refractivity contribution in [2.75, 3.05) is 52.5 Å². The van der Waals surface area contributed by atoms with Gasteiger partial charge < -0.3 is 24.4 Å². The molecule has 1 aromatic carbocycles. The Morgan fingerprint density at radius 2 is 2.21 bits per heavy atom. The molecule has 0 spiro atoms. The second-order valence-corrected chi connectivity index (χ2v) is 4.64. The summed E-state index contributed by atoms with van der Waals surface area (Å²) < 4.78 is 16.1. The van der Waals surface area contributed by atoms with Crippen LogP contribution in [-0.2, 0) is 4.74 Å². The number of morpholine rings is 1. The van der Waals surface area contributed by atoms with E-state index >= 15 is 0 Å². The molecule has 0 aliphatic carbocycles. The fourth-order valence-corrected chi connectivity index (χ4v) is 2.27. The molecule has 1 aromatic rings. The molecule has 1 heterocycles. The Morgan fingerprint density at radius 1 is 1.37 bits per heavy atom. The molecule has 1 aliphatic rings. The van der Waals surface area contributed by atoms with Crippen LogP contribution in [-0.4, -0.2) is 53.6 Å². The van der Waals surface area contributed by atoms with Gasteiger partial charge in [0.15, 0.2) is 0 Å². The van der Waals surface area contributed by atoms with E-state index < -0.39 is 0 Å². The lowest BCUT2D eigenvalue weighted by Crippen LogP contribution is -2.47. The predicted octanol–water partition coefficient (Wildman–Crippen LogP) is 1.13. The van der Waals surface area contributed by atoms with Gasteiger partial charge in [-0.1, -0.05) is 0 Å². The lowest BCUT2D eigenvalue weighted by atomic mass is 10.2. The Morgan fingerprint density at radius 3 is 2.84 bits per heavy atom. The normalized spacial score (nSPS) is 19.0. The molecule has 0 aromatic heterocycles. The standard InChI is InChI=1S/C14H22N2O3/c1-16(9-11-10-19-7-6-15-11)13-5-4-12(17-2)8-14(13)18-3/h4-5,8,11,15H,6-7,9-10H2,1-3H3. The van der Waals surface area contributed by atoms with Crippen LogP contribution >= 0.6 is 0 Å². The molecule has 1 fully saturated rings. The van der Waals surface area contributed by atoms with Crippen molar-refractivity contribution in [1.82, 2.24) is 5.32 Å². The summed E-state index contributed by atoms with van der Waals surface area (Å²) in [7, 11) is 5.39. The van der Waals surface area contributed by atoms with E-state index in [-0.39, 0.29) is 0 Å². The maximum Gasteiger partial charge on any atom is 0.145 e. The maximum absolute atomic E-state index is 5.47. The lowest BCUT2D eigenvalue weighted by molar-refractivity contribution is 0.0791. The van der Waals surface area contributed by atoms with E-state index in [1.54, 1.807) is 14.2 Å². The van der Waals surface area contributed by atoms with Crippen molar-refractivity contribution in [2.24, 2.45) is 0 Å². The number of likely N-dealkylation sites (N-methyl/N-ethyl adjacent to an activating group) is 1. The quantitative estimate of drug-likeness (QED) is 0.865. The number of hydrogen-bond acceptors (Lipinski definition) is 5. The second kappa shape index (κ2) is 6.63. The summed E-state index contributed by atoms with van der Waals surface area (Å²) in [5.74, 6) is 1.62. The maximum atomic E-state index is 5.47. The predicted molar refractivity (Wildman–Crippen MR) is 75.4 cm³/mol. The molecule has 106 valence electrons. The Kier molecular flexibility index (Phi) is 4.87. The summed E-state index contributed by atoms with van der Waals surface area (Å²) in [6, 6.07) is 6.21. The van der Waals surface area contributed by atoms with Crippen molar-refractivity contribution in [3.8, 4) is 11.5 Å². The molecule has 5 nitrogen and oxygen atoms in total. The van der Waals surface area contributed by atoms with E-state index in [4.69, 9.17) is 14.2 Å². The first-order valence-electron chi connectivity index (χ1n) is 6.49. The zero-order chi connectivity index (χ0) is 13.7. The van der Waals surface area contributed by atoms with Crippen LogP contribution in [0.25, 0.3) is 0 Å². The van der Waals surface area contributed by atoms with Crippen molar-refractivity contribution >= 4 is 5.69 Å². The summed E-state index contributed by atoms with van der Waals surface area (Å²) in [4.78, 5) is 2.17. The third-order valence-electron chi connectivity index (χ3n) is 3.29. The summed E-state index contributed by atoms with van der Waals surface area (Å²) in [6.07, 6.45) is 0.